The Hall–Kier alpha value is -0.770. The summed E-state index contributed by atoms with van der Waals surface area (Å²) in [6, 6.07) is 9.67. The van der Waals surface area contributed by atoms with Crippen molar-refractivity contribution in [2.45, 2.75) is 11.9 Å². The first-order chi connectivity index (χ1) is 9.11. The molecule has 2 aromatic carbocycles. The van der Waals surface area contributed by atoms with Gasteiger partial charge >= 0.3 is 0 Å². The van der Waals surface area contributed by atoms with E-state index in [0.717, 1.165) is 5.56 Å². The summed E-state index contributed by atoms with van der Waals surface area (Å²) in [4.78, 5) is 0. The maximum absolute atomic E-state index is 13.1. The Kier molecular flexibility index (Phi) is 5.08. The van der Waals surface area contributed by atoms with E-state index in [1.54, 1.807) is 6.07 Å². The zero-order valence-electron chi connectivity index (χ0n) is 9.80. The molecule has 0 spiro atoms. The zero-order chi connectivity index (χ0) is 13.8. The van der Waals surface area contributed by atoms with E-state index < -0.39 is 0 Å². The first kappa shape index (κ1) is 14.6. The molecule has 5 heteroatoms. The van der Waals surface area contributed by atoms with Crippen molar-refractivity contribution in [2.24, 2.45) is 0 Å². The van der Waals surface area contributed by atoms with Gasteiger partial charge in [-0.2, -0.15) is 0 Å². The highest BCUT2D eigenvalue weighted by atomic mass is 79.9. The highest BCUT2D eigenvalue weighted by Crippen LogP contribution is 2.31. The number of para-hydroxylation sites is 1. The molecular formula is C14H10BrCl2FO. The first-order valence-corrected chi connectivity index (χ1v) is 7.39. The molecule has 2 rings (SSSR count). The van der Waals surface area contributed by atoms with E-state index in [4.69, 9.17) is 27.9 Å². The summed E-state index contributed by atoms with van der Waals surface area (Å²) in [5.41, 5.74) is 1.52. The fourth-order valence-corrected chi connectivity index (χ4v) is 2.49. The predicted molar refractivity (Wildman–Crippen MR) is 79.8 cm³/mol. The predicted octanol–water partition coefficient (Wildman–Crippen LogP) is 5.61. The summed E-state index contributed by atoms with van der Waals surface area (Å²) in [6.45, 7) is 0.167. The summed E-state index contributed by atoms with van der Waals surface area (Å²) < 4.78 is 18.8. The third-order valence-corrected chi connectivity index (χ3v) is 3.84. The molecule has 100 valence electrons. The monoisotopic (exact) mass is 362 g/mol. The summed E-state index contributed by atoms with van der Waals surface area (Å²) in [7, 11) is 0. The molecule has 0 unspecified atom stereocenters. The van der Waals surface area contributed by atoms with Crippen molar-refractivity contribution < 1.29 is 9.13 Å². The van der Waals surface area contributed by atoms with Crippen molar-refractivity contribution in [3.8, 4) is 5.75 Å². The summed E-state index contributed by atoms with van der Waals surface area (Å²) in [5, 5.41) is 1.61. The summed E-state index contributed by atoms with van der Waals surface area (Å²) >= 11 is 15.4. The molecule has 0 bridgehead atoms. The molecule has 2 aromatic rings. The van der Waals surface area contributed by atoms with Crippen LogP contribution in [0.25, 0.3) is 0 Å². The second-order valence-electron chi connectivity index (χ2n) is 3.89. The average molecular weight is 364 g/mol. The minimum atomic E-state index is -0.345. The largest absolute Gasteiger partial charge is 0.487 e. The normalized spacial score (nSPS) is 10.5. The van der Waals surface area contributed by atoms with Crippen molar-refractivity contribution in [3.05, 3.63) is 63.4 Å². The van der Waals surface area contributed by atoms with Gasteiger partial charge in [-0.1, -0.05) is 51.3 Å². The van der Waals surface area contributed by atoms with Crippen LogP contribution in [-0.2, 0) is 11.9 Å². The summed E-state index contributed by atoms with van der Waals surface area (Å²) in [6.07, 6.45) is 0. The van der Waals surface area contributed by atoms with Gasteiger partial charge < -0.3 is 4.74 Å². The van der Waals surface area contributed by atoms with Gasteiger partial charge in [0.05, 0.1) is 5.02 Å². The van der Waals surface area contributed by atoms with Gasteiger partial charge in [0.2, 0.25) is 0 Å². The van der Waals surface area contributed by atoms with E-state index in [0.29, 0.717) is 26.7 Å². The van der Waals surface area contributed by atoms with Gasteiger partial charge in [0.25, 0.3) is 0 Å². The Labute approximate surface area is 129 Å². The SMILES string of the molecule is Fc1ccc(Cl)c(COc2c(Cl)cccc2CBr)c1. The molecule has 0 saturated heterocycles. The number of rotatable bonds is 4. The van der Waals surface area contributed by atoms with Crippen LogP contribution in [-0.4, -0.2) is 0 Å². The van der Waals surface area contributed by atoms with Gasteiger partial charge in [0, 0.05) is 21.5 Å². The van der Waals surface area contributed by atoms with Crippen molar-refractivity contribution in [1.82, 2.24) is 0 Å². The highest BCUT2D eigenvalue weighted by Gasteiger charge is 2.09. The molecule has 0 radical (unpaired) electrons. The van der Waals surface area contributed by atoms with Crippen LogP contribution in [0, 0.1) is 5.82 Å². The molecule has 0 amide bonds. The number of hydrogen-bond acceptors (Lipinski definition) is 1. The van der Waals surface area contributed by atoms with Crippen molar-refractivity contribution in [1.29, 1.82) is 0 Å². The van der Waals surface area contributed by atoms with Crippen molar-refractivity contribution >= 4 is 39.1 Å². The molecule has 1 nitrogen and oxygen atoms in total. The maximum atomic E-state index is 13.1. The third-order valence-electron chi connectivity index (χ3n) is 2.57. The Morgan fingerprint density at radius 1 is 1.05 bits per heavy atom. The van der Waals surface area contributed by atoms with Crippen LogP contribution in [0.5, 0.6) is 5.75 Å². The molecule has 0 aliphatic heterocycles. The van der Waals surface area contributed by atoms with Crippen molar-refractivity contribution in [2.75, 3.05) is 0 Å². The third kappa shape index (κ3) is 3.62. The molecule has 0 heterocycles. The van der Waals surface area contributed by atoms with E-state index in [2.05, 4.69) is 15.9 Å². The molecule has 0 aliphatic rings. The van der Waals surface area contributed by atoms with Gasteiger partial charge in [-0.25, -0.2) is 4.39 Å². The molecule has 19 heavy (non-hydrogen) atoms. The topological polar surface area (TPSA) is 9.23 Å². The molecule has 0 atom stereocenters. The lowest BCUT2D eigenvalue weighted by atomic mass is 10.2. The van der Waals surface area contributed by atoms with Gasteiger partial charge in [-0.05, 0) is 24.3 Å². The zero-order valence-corrected chi connectivity index (χ0v) is 12.9. The molecule has 0 aromatic heterocycles. The quantitative estimate of drug-likeness (QED) is 0.642. The number of alkyl halides is 1. The first-order valence-electron chi connectivity index (χ1n) is 5.52. The van der Waals surface area contributed by atoms with Crippen molar-refractivity contribution in [3.63, 3.8) is 0 Å². The molecule has 0 saturated carbocycles. The Bertz CT molecular complexity index is 590. The van der Waals surface area contributed by atoms with E-state index >= 15 is 0 Å². The van der Waals surface area contributed by atoms with Crippen LogP contribution in [0.4, 0.5) is 4.39 Å². The lowest BCUT2D eigenvalue weighted by Crippen LogP contribution is -2.00. The Morgan fingerprint density at radius 2 is 1.84 bits per heavy atom. The standard InChI is InChI=1S/C14H10BrCl2FO/c15-7-9-2-1-3-13(17)14(9)19-8-10-6-11(18)4-5-12(10)16/h1-6H,7-8H2. The van der Waals surface area contributed by atoms with Gasteiger partial charge in [0.15, 0.2) is 0 Å². The molecule has 0 fully saturated rings. The van der Waals surface area contributed by atoms with E-state index in [1.807, 2.05) is 12.1 Å². The van der Waals surface area contributed by atoms with Gasteiger partial charge in [-0.15, -0.1) is 0 Å². The smallest absolute Gasteiger partial charge is 0.142 e. The second kappa shape index (κ2) is 6.60. The van der Waals surface area contributed by atoms with Crippen LogP contribution in [0.2, 0.25) is 10.0 Å². The van der Waals surface area contributed by atoms with Crippen LogP contribution in [0.3, 0.4) is 0 Å². The Balaban J connectivity index is 2.21. The molecule has 0 aliphatic carbocycles. The lowest BCUT2D eigenvalue weighted by Gasteiger charge is -2.12. The van der Waals surface area contributed by atoms with E-state index in [-0.39, 0.29) is 12.4 Å². The lowest BCUT2D eigenvalue weighted by molar-refractivity contribution is 0.303. The minimum absolute atomic E-state index is 0.167. The number of ether oxygens (including phenoxy) is 1. The van der Waals surface area contributed by atoms with E-state index in [1.165, 1.54) is 18.2 Å². The average Bonchev–Trinajstić information content (AvgIpc) is 2.40. The van der Waals surface area contributed by atoms with Crippen LogP contribution >= 0.6 is 39.1 Å². The fourth-order valence-electron chi connectivity index (χ4n) is 1.62. The van der Waals surface area contributed by atoms with Gasteiger partial charge in [0.1, 0.15) is 18.2 Å². The summed E-state index contributed by atoms with van der Waals surface area (Å²) in [5.74, 6) is 0.240. The highest BCUT2D eigenvalue weighted by molar-refractivity contribution is 9.08. The number of hydrogen-bond donors (Lipinski definition) is 0. The number of benzene rings is 2. The van der Waals surface area contributed by atoms with Crippen LogP contribution in [0.15, 0.2) is 36.4 Å². The maximum Gasteiger partial charge on any atom is 0.142 e. The van der Waals surface area contributed by atoms with Gasteiger partial charge in [-0.3, -0.25) is 0 Å². The Morgan fingerprint density at radius 3 is 2.58 bits per heavy atom. The van der Waals surface area contributed by atoms with E-state index in [9.17, 15) is 4.39 Å². The number of halogens is 4. The molecular weight excluding hydrogens is 354 g/mol. The minimum Gasteiger partial charge on any atom is -0.487 e. The molecule has 0 N–H and O–H groups in total. The van der Waals surface area contributed by atoms with Crippen LogP contribution < -0.4 is 4.74 Å². The fraction of sp³-hybridized carbons (Fsp3) is 0.143. The second-order valence-corrected chi connectivity index (χ2v) is 5.26. The van der Waals surface area contributed by atoms with Crippen LogP contribution in [0.1, 0.15) is 11.1 Å².